The number of nitrogens with zero attached hydrogens (tertiary/aromatic N) is 5. The fourth-order valence-electron chi connectivity index (χ4n) is 3.31. The molecule has 0 saturated carbocycles. The van der Waals surface area contributed by atoms with Crippen molar-refractivity contribution >= 4 is 11.6 Å². The molecule has 2 heterocycles. The SMILES string of the molecule is O=C(Nc1ccc(OCCN2CCOCC2)cc1)[C@H](c1ccccc1)n1cnnn1. The molecular formula is C21H24N6O3. The Bertz CT molecular complexity index is 912. The summed E-state index contributed by atoms with van der Waals surface area (Å²) in [6.45, 7) is 4.93. The molecule has 1 aliphatic heterocycles. The highest BCUT2D eigenvalue weighted by molar-refractivity contribution is 5.95. The summed E-state index contributed by atoms with van der Waals surface area (Å²) in [7, 11) is 0. The van der Waals surface area contributed by atoms with Crippen molar-refractivity contribution in [3.05, 3.63) is 66.5 Å². The van der Waals surface area contributed by atoms with Gasteiger partial charge in [-0.25, -0.2) is 4.68 Å². The van der Waals surface area contributed by atoms with Crippen molar-refractivity contribution in [1.82, 2.24) is 25.1 Å². The molecule has 1 N–H and O–H groups in total. The number of carbonyl (C=O) groups excluding carboxylic acids is 1. The number of benzene rings is 2. The van der Waals surface area contributed by atoms with Crippen molar-refractivity contribution in [2.75, 3.05) is 44.8 Å². The van der Waals surface area contributed by atoms with Gasteiger partial charge in [-0.3, -0.25) is 9.69 Å². The first-order chi connectivity index (χ1) is 14.8. The number of amides is 1. The smallest absolute Gasteiger partial charge is 0.253 e. The molecule has 0 bridgehead atoms. The van der Waals surface area contributed by atoms with Crippen LogP contribution in [0.4, 0.5) is 5.69 Å². The maximum atomic E-state index is 13.0. The van der Waals surface area contributed by atoms with Gasteiger partial charge in [0, 0.05) is 25.3 Å². The van der Waals surface area contributed by atoms with E-state index in [0.29, 0.717) is 12.3 Å². The second kappa shape index (κ2) is 9.95. The average molecular weight is 408 g/mol. The Hall–Kier alpha value is -3.30. The zero-order valence-corrected chi connectivity index (χ0v) is 16.6. The summed E-state index contributed by atoms with van der Waals surface area (Å²) >= 11 is 0. The topological polar surface area (TPSA) is 94.4 Å². The Morgan fingerprint density at radius 2 is 1.87 bits per heavy atom. The van der Waals surface area contributed by atoms with Crippen LogP contribution in [0.1, 0.15) is 11.6 Å². The van der Waals surface area contributed by atoms with Crippen LogP contribution in [0.3, 0.4) is 0 Å². The minimum atomic E-state index is -0.661. The number of hydrogen-bond acceptors (Lipinski definition) is 7. The second-order valence-corrected chi connectivity index (χ2v) is 6.92. The molecule has 30 heavy (non-hydrogen) atoms. The highest BCUT2D eigenvalue weighted by Gasteiger charge is 2.24. The van der Waals surface area contributed by atoms with E-state index in [-0.39, 0.29) is 5.91 Å². The third kappa shape index (κ3) is 5.19. The minimum absolute atomic E-state index is 0.227. The summed E-state index contributed by atoms with van der Waals surface area (Å²) in [5.41, 5.74) is 1.47. The normalized spacial score (nSPS) is 15.5. The number of hydrogen-bond donors (Lipinski definition) is 1. The lowest BCUT2D eigenvalue weighted by Gasteiger charge is -2.26. The summed E-state index contributed by atoms with van der Waals surface area (Å²) in [6.07, 6.45) is 1.43. The maximum Gasteiger partial charge on any atom is 0.253 e. The van der Waals surface area contributed by atoms with E-state index in [2.05, 4.69) is 25.7 Å². The van der Waals surface area contributed by atoms with E-state index in [9.17, 15) is 4.79 Å². The number of anilines is 1. The Morgan fingerprint density at radius 3 is 2.57 bits per heavy atom. The lowest BCUT2D eigenvalue weighted by molar-refractivity contribution is -0.118. The van der Waals surface area contributed by atoms with Gasteiger partial charge in [0.15, 0.2) is 6.04 Å². The van der Waals surface area contributed by atoms with Crippen molar-refractivity contribution in [3.63, 3.8) is 0 Å². The van der Waals surface area contributed by atoms with Crippen molar-refractivity contribution in [3.8, 4) is 5.75 Å². The molecule has 0 spiro atoms. The Kier molecular flexibility index (Phi) is 6.63. The van der Waals surface area contributed by atoms with Crippen LogP contribution in [0.25, 0.3) is 0 Å². The standard InChI is InChI=1S/C21H24N6O3/c28-21(20(27-16-22-24-25-27)17-4-2-1-3-5-17)23-18-6-8-19(9-7-18)30-15-12-26-10-13-29-14-11-26/h1-9,16,20H,10-15H2,(H,23,28)/t20-/m0/s1. The number of nitrogens with one attached hydrogen (secondary N) is 1. The minimum Gasteiger partial charge on any atom is -0.492 e. The number of carbonyl (C=O) groups is 1. The summed E-state index contributed by atoms with van der Waals surface area (Å²) in [6, 6.07) is 16.1. The Balaban J connectivity index is 1.35. The van der Waals surface area contributed by atoms with Crippen LogP contribution < -0.4 is 10.1 Å². The average Bonchev–Trinajstić information content (AvgIpc) is 3.31. The van der Waals surface area contributed by atoms with Crippen LogP contribution in [0.2, 0.25) is 0 Å². The van der Waals surface area contributed by atoms with Crippen molar-refractivity contribution in [2.24, 2.45) is 0 Å². The molecule has 0 unspecified atom stereocenters. The molecule has 0 radical (unpaired) electrons. The summed E-state index contributed by atoms with van der Waals surface area (Å²) in [5.74, 6) is 0.538. The molecule has 1 saturated heterocycles. The maximum absolute atomic E-state index is 13.0. The number of aromatic nitrogens is 4. The lowest BCUT2D eigenvalue weighted by atomic mass is 10.1. The number of ether oxygens (including phenoxy) is 2. The van der Waals surface area contributed by atoms with Crippen molar-refractivity contribution in [1.29, 1.82) is 0 Å². The fourth-order valence-corrected chi connectivity index (χ4v) is 3.31. The molecule has 1 atom stereocenters. The van der Waals surface area contributed by atoms with E-state index in [1.165, 1.54) is 11.0 Å². The lowest BCUT2D eigenvalue weighted by Crippen LogP contribution is -2.38. The van der Waals surface area contributed by atoms with Gasteiger partial charge in [-0.2, -0.15) is 0 Å². The van der Waals surface area contributed by atoms with Gasteiger partial charge < -0.3 is 14.8 Å². The summed E-state index contributed by atoms with van der Waals surface area (Å²) in [5, 5.41) is 14.2. The van der Waals surface area contributed by atoms with E-state index in [4.69, 9.17) is 9.47 Å². The third-order valence-electron chi connectivity index (χ3n) is 4.89. The van der Waals surface area contributed by atoms with Gasteiger partial charge in [0.2, 0.25) is 0 Å². The van der Waals surface area contributed by atoms with Crippen LogP contribution in [0.15, 0.2) is 60.9 Å². The molecule has 1 fully saturated rings. The van der Waals surface area contributed by atoms with E-state index < -0.39 is 6.04 Å². The van der Waals surface area contributed by atoms with Crippen molar-refractivity contribution in [2.45, 2.75) is 6.04 Å². The first-order valence-electron chi connectivity index (χ1n) is 9.91. The van der Waals surface area contributed by atoms with Gasteiger partial charge in [0.05, 0.1) is 13.2 Å². The predicted molar refractivity (Wildman–Crippen MR) is 110 cm³/mol. The number of rotatable bonds is 8. The van der Waals surface area contributed by atoms with Gasteiger partial charge in [-0.1, -0.05) is 30.3 Å². The van der Waals surface area contributed by atoms with Crippen LogP contribution in [0.5, 0.6) is 5.75 Å². The highest BCUT2D eigenvalue weighted by atomic mass is 16.5. The first-order valence-corrected chi connectivity index (χ1v) is 9.91. The zero-order valence-electron chi connectivity index (χ0n) is 16.6. The highest BCUT2D eigenvalue weighted by Crippen LogP contribution is 2.21. The Morgan fingerprint density at radius 1 is 1.10 bits per heavy atom. The fraction of sp³-hybridized carbons (Fsp3) is 0.333. The van der Waals surface area contributed by atoms with E-state index in [0.717, 1.165) is 44.2 Å². The van der Waals surface area contributed by atoms with Crippen molar-refractivity contribution < 1.29 is 14.3 Å². The molecule has 9 heteroatoms. The number of tetrazole rings is 1. The largest absolute Gasteiger partial charge is 0.492 e. The third-order valence-corrected chi connectivity index (χ3v) is 4.89. The van der Waals surface area contributed by atoms with Crippen LogP contribution in [0, 0.1) is 0 Å². The van der Waals surface area contributed by atoms with Crippen LogP contribution in [-0.4, -0.2) is 70.5 Å². The second-order valence-electron chi connectivity index (χ2n) is 6.92. The van der Waals surface area contributed by atoms with Gasteiger partial charge in [0.1, 0.15) is 18.7 Å². The summed E-state index contributed by atoms with van der Waals surface area (Å²) < 4.78 is 12.6. The summed E-state index contributed by atoms with van der Waals surface area (Å²) in [4.78, 5) is 15.3. The number of morpholine rings is 1. The van der Waals surface area contributed by atoms with E-state index >= 15 is 0 Å². The molecule has 1 amide bonds. The van der Waals surface area contributed by atoms with Crippen LogP contribution >= 0.6 is 0 Å². The van der Waals surface area contributed by atoms with Crippen LogP contribution in [-0.2, 0) is 9.53 Å². The van der Waals surface area contributed by atoms with Gasteiger partial charge in [-0.05, 0) is 40.3 Å². The van der Waals surface area contributed by atoms with E-state index in [1.54, 1.807) is 0 Å². The molecule has 1 aliphatic rings. The first kappa shape index (κ1) is 20.0. The molecule has 1 aromatic heterocycles. The molecule has 4 rings (SSSR count). The molecule has 2 aromatic carbocycles. The van der Waals surface area contributed by atoms with Gasteiger partial charge in [-0.15, -0.1) is 5.10 Å². The quantitative estimate of drug-likeness (QED) is 0.605. The zero-order chi connectivity index (χ0) is 20.6. The molecule has 9 nitrogen and oxygen atoms in total. The molecule has 156 valence electrons. The molecule has 3 aromatic rings. The van der Waals surface area contributed by atoms with Gasteiger partial charge in [0.25, 0.3) is 5.91 Å². The predicted octanol–water partition coefficient (Wildman–Crippen LogP) is 1.61. The molecular weight excluding hydrogens is 384 g/mol. The van der Waals surface area contributed by atoms with E-state index in [1.807, 2.05) is 54.6 Å². The van der Waals surface area contributed by atoms with Gasteiger partial charge >= 0.3 is 0 Å². The Labute approximate surface area is 174 Å². The monoisotopic (exact) mass is 408 g/mol. The molecule has 0 aliphatic carbocycles.